The number of carbonyl (C=O) groups excluding carboxylic acids is 1. The largest absolute Gasteiger partial charge is 0.479 e. The van der Waals surface area contributed by atoms with E-state index < -0.39 is 18.0 Å². The van der Waals surface area contributed by atoms with E-state index in [-0.39, 0.29) is 12.6 Å². The maximum absolute atomic E-state index is 11.9. The van der Waals surface area contributed by atoms with Crippen LogP contribution in [0.2, 0.25) is 0 Å². The van der Waals surface area contributed by atoms with Crippen molar-refractivity contribution >= 4 is 12.0 Å². The molecule has 17 heavy (non-hydrogen) atoms. The van der Waals surface area contributed by atoms with E-state index in [1.165, 1.54) is 16.0 Å². The summed E-state index contributed by atoms with van der Waals surface area (Å²) >= 11 is 0. The highest BCUT2D eigenvalue weighted by molar-refractivity contribution is 5.87. The van der Waals surface area contributed by atoms with Crippen molar-refractivity contribution in [1.29, 1.82) is 0 Å². The summed E-state index contributed by atoms with van der Waals surface area (Å²) < 4.78 is 0. The van der Waals surface area contributed by atoms with Crippen LogP contribution >= 0.6 is 0 Å². The van der Waals surface area contributed by atoms with E-state index in [2.05, 4.69) is 6.58 Å². The topological polar surface area (TPSA) is 70.1 Å². The molecule has 2 aliphatic rings. The predicted octanol–water partition coefficient (Wildman–Crippen LogP) is 0.623. The zero-order valence-electron chi connectivity index (χ0n) is 9.50. The van der Waals surface area contributed by atoms with Crippen LogP contribution in [0.4, 0.5) is 4.79 Å². The molecule has 6 heteroatoms. The van der Waals surface area contributed by atoms with Gasteiger partial charge in [-0.05, 0) is 12.5 Å². The minimum absolute atomic E-state index is 0.210. The van der Waals surface area contributed by atoms with Gasteiger partial charge in [0.2, 0.25) is 0 Å². The molecule has 2 rings (SSSR count). The lowest BCUT2D eigenvalue weighted by molar-refractivity contribution is -0.140. The molecule has 0 aliphatic carbocycles. The minimum Gasteiger partial charge on any atom is -0.479 e. The fraction of sp³-hybridized carbons (Fsp3) is 0.455. The lowest BCUT2D eigenvalue weighted by atomic mass is 10.0. The SMILES string of the molecule is C=CCON1C(=O)N2C[C@H]1C=C(C)[C@H]2C(=O)O. The number of carboxylic acid groups (broad SMARTS) is 1. The summed E-state index contributed by atoms with van der Waals surface area (Å²) in [6.07, 6.45) is 3.30. The van der Waals surface area contributed by atoms with Gasteiger partial charge in [0.1, 0.15) is 0 Å². The van der Waals surface area contributed by atoms with Gasteiger partial charge in [-0.1, -0.05) is 12.2 Å². The number of rotatable bonds is 4. The molecule has 0 aromatic carbocycles. The molecule has 0 aromatic heterocycles. The molecule has 2 amide bonds. The van der Waals surface area contributed by atoms with Gasteiger partial charge in [0.05, 0.1) is 19.2 Å². The summed E-state index contributed by atoms with van der Waals surface area (Å²) in [5, 5.41) is 10.3. The fourth-order valence-corrected chi connectivity index (χ4v) is 2.21. The summed E-state index contributed by atoms with van der Waals surface area (Å²) in [7, 11) is 0. The second-order valence-corrected chi connectivity index (χ2v) is 4.06. The number of fused-ring (bicyclic) bond motifs is 2. The Morgan fingerprint density at radius 3 is 3.06 bits per heavy atom. The maximum Gasteiger partial charge on any atom is 0.345 e. The Morgan fingerprint density at radius 2 is 2.47 bits per heavy atom. The van der Waals surface area contributed by atoms with Gasteiger partial charge in [-0.2, -0.15) is 5.06 Å². The highest BCUT2D eigenvalue weighted by Crippen LogP contribution is 2.29. The summed E-state index contributed by atoms with van der Waals surface area (Å²) in [5.41, 5.74) is 0.659. The lowest BCUT2D eigenvalue weighted by Gasteiger charge is -2.26. The number of hydrogen-bond donors (Lipinski definition) is 1. The average Bonchev–Trinajstić information content (AvgIpc) is 2.49. The Kier molecular flexibility index (Phi) is 2.89. The van der Waals surface area contributed by atoms with Crippen LogP contribution in [0, 0.1) is 0 Å². The van der Waals surface area contributed by atoms with Gasteiger partial charge < -0.3 is 10.0 Å². The molecular formula is C11H14N2O4. The van der Waals surface area contributed by atoms with Crippen LogP contribution in [-0.2, 0) is 9.63 Å². The van der Waals surface area contributed by atoms with Crippen molar-refractivity contribution in [2.24, 2.45) is 0 Å². The molecule has 1 fully saturated rings. The lowest BCUT2D eigenvalue weighted by Crippen LogP contribution is -2.45. The van der Waals surface area contributed by atoms with Gasteiger partial charge in [0.25, 0.3) is 0 Å². The molecule has 6 nitrogen and oxygen atoms in total. The second kappa shape index (κ2) is 4.21. The van der Waals surface area contributed by atoms with Crippen LogP contribution in [0.25, 0.3) is 0 Å². The van der Waals surface area contributed by atoms with E-state index in [1.54, 1.807) is 13.0 Å². The van der Waals surface area contributed by atoms with E-state index in [1.807, 2.05) is 0 Å². The monoisotopic (exact) mass is 238 g/mol. The number of nitrogens with zero attached hydrogens (tertiary/aromatic N) is 2. The number of hydrogen-bond acceptors (Lipinski definition) is 3. The van der Waals surface area contributed by atoms with Crippen molar-refractivity contribution in [2.45, 2.75) is 19.0 Å². The Morgan fingerprint density at radius 1 is 1.76 bits per heavy atom. The van der Waals surface area contributed by atoms with Crippen LogP contribution in [0.5, 0.6) is 0 Å². The minimum atomic E-state index is -1.02. The number of carboxylic acids is 1. The second-order valence-electron chi connectivity index (χ2n) is 4.06. The highest BCUT2D eigenvalue weighted by Gasteiger charge is 2.47. The Hall–Kier alpha value is -1.82. The maximum atomic E-state index is 11.9. The van der Waals surface area contributed by atoms with Gasteiger partial charge in [-0.3, -0.25) is 4.84 Å². The van der Waals surface area contributed by atoms with E-state index in [9.17, 15) is 9.59 Å². The van der Waals surface area contributed by atoms with Gasteiger partial charge in [-0.25, -0.2) is 9.59 Å². The number of amides is 2. The molecule has 2 bridgehead atoms. The Balaban J connectivity index is 2.23. The third-order valence-corrected chi connectivity index (χ3v) is 2.88. The molecule has 0 saturated carbocycles. The third kappa shape index (κ3) is 1.80. The van der Waals surface area contributed by atoms with Gasteiger partial charge >= 0.3 is 12.0 Å². The number of carbonyl (C=O) groups is 2. The highest BCUT2D eigenvalue weighted by atomic mass is 16.7. The molecule has 0 spiro atoms. The molecule has 0 radical (unpaired) electrons. The van der Waals surface area contributed by atoms with Gasteiger partial charge in [0, 0.05) is 0 Å². The smallest absolute Gasteiger partial charge is 0.345 e. The van der Waals surface area contributed by atoms with E-state index >= 15 is 0 Å². The van der Waals surface area contributed by atoms with E-state index in [0.717, 1.165) is 0 Å². The fourth-order valence-electron chi connectivity index (χ4n) is 2.21. The van der Waals surface area contributed by atoms with Crippen molar-refractivity contribution in [3.63, 3.8) is 0 Å². The van der Waals surface area contributed by atoms with Crippen molar-refractivity contribution in [3.8, 4) is 0 Å². The molecule has 2 atom stereocenters. The van der Waals surface area contributed by atoms with Crippen molar-refractivity contribution in [3.05, 3.63) is 24.3 Å². The quantitative estimate of drug-likeness (QED) is 0.729. The summed E-state index contributed by atoms with van der Waals surface area (Å²) in [6, 6.07) is -1.49. The van der Waals surface area contributed by atoms with Crippen LogP contribution in [0.3, 0.4) is 0 Å². The van der Waals surface area contributed by atoms with Crippen LogP contribution in [-0.4, -0.2) is 52.3 Å². The molecule has 0 unspecified atom stereocenters. The van der Waals surface area contributed by atoms with E-state index in [0.29, 0.717) is 12.1 Å². The Labute approximate surface area is 98.7 Å². The first-order valence-corrected chi connectivity index (χ1v) is 5.31. The standard InChI is InChI=1S/C11H14N2O4/c1-3-4-17-13-8-5-7(2)9(10(14)15)12(6-8)11(13)16/h3,5,8-9H,1,4,6H2,2H3,(H,14,15)/t8-,9+/m1/s1. The van der Waals surface area contributed by atoms with Crippen LogP contribution in [0.1, 0.15) is 6.92 Å². The molecule has 1 saturated heterocycles. The summed E-state index contributed by atoms with van der Waals surface area (Å²) in [6.45, 7) is 5.79. The van der Waals surface area contributed by atoms with Crippen LogP contribution < -0.4 is 0 Å². The first-order chi connectivity index (χ1) is 8.06. The molecule has 1 N–H and O–H groups in total. The van der Waals surface area contributed by atoms with E-state index in [4.69, 9.17) is 9.94 Å². The molecule has 0 aromatic rings. The van der Waals surface area contributed by atoms with Crippen LogP contribution in [0.15, 0.2) is 24.3 Å². The summed E-state index contributed by atoms with van der Waals surface area (Å²) in [5.74, 6) is -1.02. The predicted molar refractivity (Wildman–Crippen MR) is 59.1 cm³/mol. The summed E-state index contributed by atoms with van der Waals surface area (Å²) in [4.78, 5) is 29.6. The van der Waals surface area contributed by atoms with Gasteiger partial charge in [-0.15, -0.1) is 6.58 Å². The van der Waals surface area contributed by atoms with Gasteiger partial charge in [0.15, 0.2) is 6.04 Å². The molecule has 92 valence electrons. The zero-order valence-corrected chi connectivity index (χ0v) is 9.50. The number of hydroxylamine groups is 2. The zero-order chi connectivity index (χ0) is 12.6. The molecule has 2 aliphatic heterocycles. The van der Waals surface area contributed by atoms with Crippen molar-refractivity contribution in [2.75, 3.05) is 13.2 Å². The first kappa shape index (κ1) is 11.7. The van der Waals surface area contributed by atoms with Crippen molar-refractivity contribution < 1.29 is 19.5 Å². The van der Waals surface area contributed by atoms with Crippen molar-refractivity contribution in [1.82, 2.24) is 9.96 Å². The average molecular weight is 238 g/mol. The first-order valence-electron chi connectivity index (χ1n) is 5.31. The normalized spacial score (nSPS) is 27.1. The molecular weight excluding hydrogens is 224 g/mol. The molecule has 2 heterocycles. The Bertz CT molecular complexity index is 404. The number of urea groups is 1. The number of aliphatic carboxylic acids is 1. The third-order valence-electron chi connectivity index (χ3n) is 2.88.